The number of hydrogen-bond donors (Lipinski definition) is 1. The molecule has 2 aromatic carbocycles. The molecule has 1 atom stereocenters. The van der Waals surface area contributed by atoms with Crippen LogP contribution in [0.25, 0.3) is 0 Å². The predicted octanol–water partition coefficient (Wildman–Crippen LogP) is 3.80. The molecule has 1 amide bonds. The number of nitrogens with zero attached hydrogens (tertiary/aromatic N) is 2. The lowest BCUT2D eigenvalue weighted by Crippen LogP contribution is -2.47. The first-order valence-corrected chi connectivity index (χ1v) is 11.0. The number of rotatable bonds is 8. The van der Waals surface area contributed by atoms with Gasteiger partial charge in [-0.05, 0) is 56.6 Å². The smallest absolute Gasteiger partial charge is 0.233 e. The van der Waals surface area contributed by atoms with E-state index in [1.54, 1.807) is 11.8 Å². The second-order valence-corrected chi connectivity index (χ2v) is 8.80. The molecule has 28 heavy (non-hydrogen) atoms. The van der Waals surface area contributed by atoms with Crippen molar-refractivity contribution in [3.63, 3.8) is 0 Å². The minimum Gasteiger partial charge on any atom is -0.369 e. The van der Waals surface area contributed by atoms with E-state index in [2.05, 4.69) is 46.3 Å². The van der Waals surface area contributed by atoms with Crippen molar-refractivity contribution >= 4 is 23.4 Å². The van der Waals surface area contributed by atoms with Gasteiger partial charge in [0.25, 0.3) is 0 Å². The summed E-state index contributed by atoms with van der Waals surface area (Å²) in [4.78, 5) is 18.4. The molecule has 2 aromatic rings. The monoisotopic (exact) mass is 397 g/mol. The highest BCUT2D eigenvalue weighted by Gasteiger charge is 2.17. The van der Waals surface area contributed by atoms with Gasteiger partial charge in [-0.2, -0.15) is 0 Å². The molecule has 1 fully saturated rings. The summed E-state index contributed by atoms with van der Waals surface area (Å²) in [6.07, 6.45) is 0.999. The first kappa shape index (κ1) is 20.7. The Balaban J connectivity index is 1.31. The van der Waals surface area contributed by atoms with Crippen LogP contribution in [-0.4, -0.2) is 55.3 Å². The Morgan fingerprint density at radius 3 is 2.54 bits per heavy atom. The number of nitrogens with one attached hydrogen (secondary N) is 1. The molecule has 1 aliphatic heterocycles. The van der Waals surface area contributed by atoms with Gasteiger partial charge < -0.3 is 10.2 Å². The van der Waals surface area contributed by atoms with Gasteiger partial charge in [-0.3, -0.25) is 9.69 Å². The maximum Gasteiger partial charge on any atom is 0.233 e. The van der Waals surface area contributed by atoms with Gasteiger partial charge in [0.2, 0.25) is 5.91 Å². The highest BCUT2D eigenvalue weighted by Crippen LogP contribution is 2.22. The average Bonchev–Trinajstić information content (AvgIpc) is 2.72. The third-order valence-electron chi connectivity index (χ3n) is 5.11. The lowest BCUT2D eigenvalue weighted by Gasteiger charge is -2.36. The van der Waals surface area contributed by atoms with Crippen molar-refractivity contribution in [2.75, 3.05) is 44.2 Å². The molecule has 0 spiro atoms. The molecule has 1 unspecified atom stereocenters. The number of piperazine rings is 1. The van der Waals surface area contributed by atoms with E-state index in [0.717, 1.165) is 50.6 Å². The minimum absolute atomic E-state index is 0.0692. The highest BCUT2D eigenvalue weighted by atomic mass is 32.2. The van der Waals surface area contributed by atoms with Crippen LogP contribution in [0.15, 0.2) is 59.5 Å². The lowest BCUT2D eigenvalue weighted by atomic mass is 10.2. The number of carbonyl (C=O) groups is 1. The normalized spacial score (nSPS) is 16.0. The lowest BCUT2D eigenvalue weighted by molar-refractivity contribution is -0.120. The van der Waals surface area contributed by atoms with Gasteiger partial charge in [0.1, 0.15) is 0 Å². The second kappa shape index (κ2) is 10.5. The zero-order chi connectivity index (χ0) is 19.8. The van der Waals surface area contributed by atoms with Gasteiger partial charge in [0.15, 0.2) is 0 Å². The van der Waals surface area contributed by atoms with Crippen LogP contribution >= 0.6 is 11.8 Å². The molecular weight excluding hydrogens is 366 g/mol. The van der Waals surface area contributed by atoms with Crippen LogP contribution in [0.2, 0.25) is 0 Å². The zero-order valence-corrected chi connectivity index (χ0v) is 17.8. The number of amides is 1. The van der Waals surface area contributed by atoms with Crippen molar-refractivity contribution in [1.82, 2.24) is 10.2 Å². The molecule has 1 heterocycles. The van der Waals surface area contributed by atoms with Crippen molar-refractivity contribution in [1.29, 1.82) is 0 Å². The van der Waals surface area contributed by atoms with Crippen LogP contribution < -0.4 is 10.2 Å². The van der Waals surface area contributed by atoms with E-state index in [-0.39, 0.29) is 11.2 Å². The van der Waals surface area contributed by atoms with Crippen LogP contribution in [-0.2, 0) is 4.79 Å². The summed E-state index contributed by atoms with van der Waals surface area (Å²) in [6, 6.07) is 18.8. The molecule has 0 bridgehead atoms. The molecule has 0 aliphatic carbocycles. The van der Waals surface area contributed by atoms with Gasteiger partial charge >= 0.3 is 0 Å². The highest BCUT2D eigenvalue weighted by molar-refractivity contribution is 8.00. The number of benzene rings is 2. The van der Waals surface area contributed by atoms with E-state index in [1.807, 2.05) is 37.3 Å². The van der Waals surface area contributed by atoms with Gasteiger partial charge in [0.05, 0.1) is 5.25 Å². The SMILES string of the molecule is Cc1cccc(N2CCN(CCCNC(=O)C(C)Sc3ccccc3)CC2)c1. The number of thioether (sulfide) groups is 1. The van der Waals surface area contributed by atoms with E-state index in [9.17, 15) is 4.79 Å². The molecule has 1 saturated heterocycles. The molecule has 1 aliphatic rings. The van der Waals surface area contributed by atoms with Crippen molar-refractivity contribution in [2.45, 2.75) is 30.4 Å². The van der Waals surface area contributed by atoms with Crippen molar-refractivity contribution < 1.29 is 4.79 Å². The molecule has 0 radical (unpaired) electrons. The summed E-state index contributed by atoms with van der Waals surface area (Å²) in [5.41, 5.74) is 2.65. The van der Waals surface area contributed by atoms with Crippen LogP contribution in [0.4, 0.5) is 5.69 Å². The van der Waals surface area contributed by atoms with Gasteiger partial charge in [-0.15, -0.1) is 11.8 Å². The molecule has 3 rings (SSSR count). The van der Waals surface area contributed by atoms with Gasteiger partial charge in [-0.1, -0.05) is 30.3 Å². The standard InChI is InChI=1S/C23H31N3OS/c1-19-8-6-9-21(18-19)26-16-14-25(15-17-26)13-7-12-24-23(27)20(2)28-22-10-4-3-5-11-22/h3-6,8-11,18,20H,7,12-17H2,1-2H3,(H,24,27). The fraction of sp³-hybridized carbons (Fsp3) is 0.435. The number of aryl methyl sites for hydroxylation is 1. The number of anilines is 1. The predicted molar refractivity (Wildman–Crippen MR) is 119 cm³/mol. The summed E-state index contributed by atoms with van der Waals surface area (Å²) in [5, 5.41) is 3.02. The Kier molecular flexibility index (Phi) is 7.80. The van der Waals surface area contributed by atoms with Crippen LogP contribution in [0.1, 0.15) is 18.9 Å². The zero-order valence-electron chi connectivity index (χ0n) is 16.9. The van der Waals surface area contributed by atoms with Crippen molar-refractivity contribution in [3.8, 4) is 0 Å². The van der Waals surface area contributed by atoms with Gasteiger partial charge in [-0.25, -0.2) is 0 Å². The maximum atomic E-state index is 12.3. The molecule has 5 heteroatoms. The second-order valence-electron chi connectivity index (χ2n) is 7.39. The number of hydrogen-bond acceptors (Lipinski definition) is 4. The van der Waals surface area contributed by atoms with E-state index < -0.39 is 0 Å². The van der Waals surface area contributed by atoms with E-state index in [4.69, 9.17) is 0 Å². The van der Waals surface area contributed by atoms with E-state index in [1.165, 1.54) is 11.3 Å². The van der Waals surface area contributed by atoms with Crippen molar-refractivity contribution in [3.05, 3.63) is 60.2 Å². The fourth-order valence-electron chi connectivity index (χ4n) is 3.47. The summed E-state index contributed by atoms with van der Waals surface area (Å²) in [5.74, 6) is 0.123. The summed E-state index contributed by atoms with van der Waals surface area (Å²) < 4.78 is 0. The summed E-state index contributed by atoms with van der Waals surface area (Å²) >= 11 is 1.61. The molecule has 0 aromatic heterocycles. The Morgan fingerprint density at radius 2 is 1.82 bits per heavy atom. The molecular formula is C23H31N3OS. The average molecular weight is 398 g/mol. The largest absolute Gasteiger partial charge is 0.369 e. The van der Waals surface area contributed by atoms with Gasteiger partial charge in [0, 0.05) is 43.3 Å². The fourth-order valence-corrected chi connectivity index (χ4v) is 4.38. The van der Waals surface area contributed by atoms with E-state index >= 15 is 0 Å². The third-order valence-corrected chi connectivity index (χ3v) is 6.23. The number of carbonyl (C=O) groups excluding carboxylic acids is 1. The van der Waals surface area contributed by atoms with Crippen molar-refractivity contribution in [2.24, 2.45) is 0 Å². The first-order chi connectivity index (χ1) is 13.6. The Bertz CT molecular complexity index is 745. The topological polar surface area (TPSA) is 35.6 Å². The van der Waals surface area contributed by atoms with Crippen LogP contribution in [0.5, 0.6) is 0 Å². The van der Waals surface area contributed by atoms with Crippen LogP contribution in [0.3, 0.4) is 0 Å². The summed E-state index contributed by atoms with van der Waals surface area (Å²) in [6.45, 7) is 10.2. The Hall–Kier alpha value is -1.98. The van der Waals surface area contributed by atoms with Crippen LogP contribution in [0, 0.1) is 6.92 Å². The minimum atomic E-state index is -0.0692. The molecule has 4 nitrogen and oxygen atoms in total. The maximum absolute atomic E-state index is 12.3. The quantitative estimate of drug-likeness (QED) is 0.543. The Morgan fingerprint density at radius 1 is 1.07 bits per heavy atom. The molecule has 150 valence electrons. The van der Waals surface area contributed by atoms with E-state index in [0.29, 0.717) is 0 Å². The third kappa shape index (κ3) is 6.28. The molecule has 0 saturated carbocycles. The Labute approximate surface area is 173 Å². The first-order valence-electron chi connectivity index (χ1n) is 10.2. The molecule has 1 N–H and O–H groups in total. The summed E-state index contributed by atoms with van der Waals surface area (Å²) in [7, 11) is 0.